The van der Waals surface area contributed by atoms with Gasteiger partial charge < -0.3 is 10.8 Å². The molecule has 0 bridgehead atoms. The molecule has 3 N–H and O–H groups in total. The van der Waals surface area contributed by atoms with E-state index >= 15 is 0 Å². The predicted molar refractivity (Wildman–Crippen MR) is 51.3 cm³/mol. The molecular formula is C10H10N2O. The van der Waals surface area contributed by atoms with E-state index in [9.17, 15) is 5.11 Å². The Hall–Kier alpha value is -1.61. The predicted octanol–water partition coefficient (Wildman–Crippen LogP) is 1.40. The van der Waals surface area contributed by atoms with Crippen molar-refractivity contribution in [2.45, 2.75) is 6.54 Å². The molecule has 0 unspecified atom stereocenters. The Bertz CT molecular complexity index is 440. The number of nitrogens with zero attached hydrogens (tertiary/aromatic N) is 1. The first-order valence-corrected chi connectivity index (χ1v) is 4.07. The summed E-state index contributed by atoms with van der Waals surface area (Å²) in [5.41, 5.74) is 6.31. The molecule has 3 nitrogen and oxygen atoms in total. The molecule has 3 heteroatoms. The van der Waals surface area contributed by atoms with Crippen molar-refractivity contribution in [3.05, 3.63) is 36.2 Å². The van der Waals surface area contributed by atoms with Crippen molar-refractivity contribution in [2.24, 2.45) is 5.73 Å². The minimum absolute atomic E-state index is 0.251. The molecule has 0 saturated heterocycles. The maximum absolute atomic E-state index is 9.51. The third-order valence-corrected chi connectivity index (χ3v) is 2.11. The quantitative estimate of drug-likeness (QED) is 0.687. The van der Waals surface area contributed by atoms with Gasteiger partial charge in [0.25, 0.3) is 0 Å². The van der Waals surface area contributed by atoms with Gasteiger partial charge in [-0.3, -0.25) is 4.98 Å². The summed E-state index contributed by atoms with van der Waals surface area (Å²) in [5, 5.41) is 11.5. The van der Waals surface area contributed by atoms with Gasteiger partial charge in [0.1, 0.15) is 5.75 Å². The minimum Gasteiger partial charge on any atom is -0.508 e. The highest BCUT2D eigenvalue weighted by atomic mass is 16.3. The van der Waals surface area contributed by atoms with Gasteiger partial charge in [-0.25, -0.2) is 0 Å². The van der Waals surface area contributed by atoms with Crippen LogP contribution < -0.4 is 5.73 Å². The summed E-state index contributed by atoms with van der Waals surface area (Å²) in [6.45, 7) is 0.340. The maximum Gasteiger partial charge on any atom is 0.120 e. The van der Waals surface area contributed by atoms with E-state index < -0.39 is 0 Å². The number of hydrogen-bond acceptors (Lipinski definition) is 3. The molecule has 1 aromatic carbocycles. The van der Waals surface area contributed by atoms with Crippen LogP contribution in [0.15, 0.2) is 30.6 Å². The zero-order chi connectivity index (χ0) is 9.26. The molecule has 0 radical (unpaired) electrons. The van der Waals surface area contributed by atoms with E-state index in [1.54, 1.807) is 18.5 Å². The van der Waals surface area contributed by atoms with Gasteiger partial charge in [-0.15, -0.1) is 0 Å². The van der Waals surface area contributed by atoms with Crippen molar-refractivity contribution in [2.75, 3.05) is 0 Å². The average Bonchev–Trinajstić information content (AvgIpc) is 2.18. The van der Waals surface area contributed by atoms with Gasteiger partial charge in [0.2, 0.25) is 0 Å². The molecule has 0 aliphatic carbocycles. The second kappa shape index (κ2) is 3.03. The molecule has 0 spiro atoms. The number of rotatable bonds is 1. The van der Waals surface area contributed by atoms with Crippen LogP contribution in [0, 0.1) is 0 Å². The van der Waals surface area contributed by atoms with Gasteiger partial charge in [-0.2, -0.15) is 0 Å². The Balaban J connectivity index is 2.84. The normalized spacial score (nSPS) is 10.5. The largest absolute Gasteiger partial charge is 0.508 e. The Morgan fingerprint density at radius 3 is 2.92 bits per heavy atom. The van der Waals surface area contributed by atoms with E-state index in [2.05, 4.69) is 4.98 Å². The molecule has 66 valence electrons. The fourth-order valence-corrected chi connectivity index (χ4v) is 1.44. The number of benzene rings is 1. The molecule has 1 heterocycles. The van der Waals surface area contributed by atoms with Crippen LogP contribution in [0.3, 0.4) is 0 Å². The van der Waals surface area contributed by atoms with Crippen molar-refractivity contribution in [3.8, 4) is 5.75 Å². The number of aromatic hydroxyl groups is 1. The molecule has 0 aliphatic heterocycles. The lowest BCUT2D eigenvalue weighted by Gasteiger charge is -2.05. The van der Waals surface area contributed by atoms with Crippen molar-refractivity contribution >= 4 is 10.8 Å². The summed E-state index contributed by atoms with van der Waals surface area (Å²) in [6, 6.07) is 5.33. The van der Waals surface area contributed by atoms with Gasteiger partial charge in [-0.05, 0) is 23.6 Å². The van der Waals surface area contributed by atoms with Crippen LogP contribution in [0.1, 0.15) is 5.56 Å². The number of fused-ring (bicyclic) bond motifs is 1. The van der Waals surface area contributed by atoms with Crippen LogP contribution in [0.25, 0.3) is 10.8 Å². The third kappa shape index (κ3) is 1.23. The van der Waals surface area contributed by atoms with E-state index in [1.807, 2.05) is 12.1 Å². The highest BCUT2D eigenvalue weighted by Crippen LogP contribution is 2.25. The van der Waals surface area contributed by atoms with E-state index in [1.165, 1.54) is 0 Å². The van der Waals surface area contributed by atoms with E-state index in [4.69, 9.17) is 5.73 Å². The fraction of sp³-hybridized carbons (Fsp3) is 0.100. The van der Waals surface area contributed by atoms with Crippen LogP contribution in [-0.2, 0) is 6.54 Å². The van der Waals surface area contributed by atoms with Crippen LogP contribution in [0.2, 0.25) is 0 Å². The van der Waals surface area contributed by atoms with Gasteiger partial charge in [0.05, 0.1) is 0 Å². The summed E-state index contributed by atoms with van der Waals surface area (Å²) < 4.78 is 0. The second-order valence-electron chi connectivity index (χ2n) is 2.86. The standard InChI is InChI=1S/C10H10N2O/c11-5-9-8-3-4-12-6-7(8)1-2-10(9)13/h1-4,6,13H,5,11H2. The second-order valence-corrected chi connectivity index (χ2v) is 2.86. The first kappa shape index (κ1) is 8.01. The topological polar surface area (TPSA) is 59.1 Å². The smallest absolute Gasteiger partial charge is 0.120 e. The van der Waals surface area contributed by atoms with E-state index in [-0.39, 0.29) is 5.75 Å². The van der Waals surface area contributed by atoms with Gasteiger partial charge in [0.15, 0.2) is 0 Å². The highest BCUT2D eigenvalue weighted by molar-refractivity contribution is 5.86. The van der Waals surface area contributed by atoms with Crippen LogP contribution in [-0.4, -0.2) is 10.1 Å². The summed E-state index contributed by atoms with van der Waals surface area (Å²) in [5.74, 6) is 0.251. The Morgan fingerprint density at radius 1 is 1.31 bits per heavy atom. The number of aromatic nitrogens is 1. The number of nitrogens with two attached hydrogens (primary N) is 1. The third-order valence-electron chi connectivity index (χ3n) is 2.11. The first-order valence-electron chi connectivity index (χ1n) is 4.07. The number of phenols is 1. The fourth-order valence-electron chi connectivity index (χ4n) is 1.44. The zero-order valence-electron chi connectivity index (χ0n) is 7.07. The summed E-state index contributed by atoms with van der Waals surface area (Å²) >= 11 is 0. The van der Waals surface area contributed by atoms with Crippen molar-refractivity contribution in [3.63, 3.8) is 0 Å². The molecule has 13 heavy (non-hydrogen) atoms. The van der Waals surface area contributed by atoms with Gasteiger partial charge >= 0.3 is 0 Å². The average molecular weight is 174 g/mol. The summed E-state index contributed by atoms with van der Waals surface area (Å²) in [7, 11) is 0. The Labute approximate surface area is 75.8 Å². The number of pyridine rings is 1. The first-order chi connectivity index (χ1) is 6.33. The molecule has 0 amide bonds. The van der Waals surface area contributed by atoms with Crippen molar-refractivity contribution in [1.29, 1.82) is 0 Å². The molecule has 0 fully saturated rings. The lowest BCUT2D eigenvalue weighted by Crippen LogP contribution is -1.97. The summed E-state index contributed by atoms with van der Waals surface area (Å²) in [4.78, 5) is 4.00. The molecule has 2 aromatic rings. The molecule has 0 saturated carbocycles. The zero-order valence-corrected chi connectivity index (χ0v) is 7.07. The molecule has 0 atom stereocenters. The van der Waals surface area contributed by atoms with Crippen molar-refractivity contribution in [1.82, 2.24) is 4.98 Å². The molecular weight excluding hydrogens is 164 g/mol. The van der Waals surface area contributed by atoms with E-state index in [0.29, 0.717) is 6.54 Å². The summed E-state index contributed by atoms with van der Waals surface area (Å²) in [6.07, 6.45) is 3.45. The van der Waals surface area contributed by atoms with Crippen LogP contribution in [0.5, 0.6) is 5.75 Å². The number of phenolic OH excluding ortho intramolecular Hbond substituents is 1. The van der Waals surface area contributed by atoms with Gasteiger partial charge in [0, 0.05) is 29.9 Å². The van der Waals surface area contributed by atoms with E-state index in [0.717, 1.165) is 16.3 Å². The minimum atomic E-state index is 0.251. The van der Waals surface area contributed by atoms with Crippen LogP contribution >= 0.6 is 0 Å². The SMILES string of the molecule is NCc1c(O)ccc2cnccc12. The Kier molecular flexibility index (Phi) is 1.87. The van der Waals surface area contributed by atoms with Crippen molar-refractivity contribution < 1.29 is 5.11 Å². The maximum atomic E-state index is 9.51. The highest BCUT2D eigenvalue weighted by Gasteiger charge is 2.03. The van der Waals surface area contributed by atoms with Crippen LogP contribution in [0.4, 0.5) is 0 Å². The molecule has 0 aliphatic rings. The Morgan fingerprint density at radius 2 is 2.15 bits per heavy atom. The van der Waals surface area contributed by atoms with Gasteiger partial charge in [-0.1, -0.05) is 0 Å². The lowest BCUT2D eigenvalue weighted by molar-refractivity contribution is 0.469. The lowest BCUT2D eigenvalue weighted by atomic mass is 10.1. The monoisotopic (exact) mass is 174 g/mol. The molecule has 1 aromatic heterocycles. The number of hydrogen-bond donors (Lipinski definition) is 2. The molecule has 2 rings (SSSR count).